The Morgan fingerprint density at radius 1 is 0.474 bits per heavy atom. The number of unbranched alkanes of at least 4 members (excludes halogenated alkanes) is 12. The molecule has 0 saturated carbocycles. The summed E-state index contributed by atoms with van der Waals surface area (Å²) in [5.74, 6) is -2.78. The van der Waals surface area contributed by atoms with Crippen molar-refractivity contribution in [1.82, 2.24) is 0 Å². The zero-order chi connectivity index (χ0) is 27.6. The van der Waals surface area contributed by atoms with Crippen LogP contribution >= 0.6 is 0 Å². The Morgan fingerprint density at radius 2 is 0.763 bits per heavy atom. The van der Waals surface area contributed by atoms with Crippen LogP contribution in [0.25, 0.3) is 0 Å². The quantitative estimate of drug-likeness (QED) is 0.0772. The van der Waals surface area contributed by atoms with Crippen LogP contribution in [0.3, 0.4) is 0 Å². The maximum atomic E-state index is 11.7. The number of ether oxygens (including phenoxy) is 2. The van der Waals surface area contributed by atoms with E-state index in [1.165, 1.54) is 89.9 Å². The van der Waals surface area contributed by atoms with E-state index in [1.54, 1.807) is 0 Å². The molecule has 220 valence electrons. The Balaban J connectivity index is 1.59. The van der Waals surface area contributed by atoms with Crippen molar-refractivity contribution in [2.75, 3.05) is 0 Å². The smallest absolute Gasteiger partial charge is 0.0842 e. The van der Waals surface area contributed by atoms with Gasteiger partial charge in [-0.3, -0.25) is 0 Å². The van der Waals surface area contributed by atoms with Gasteiger partial charge in [0, 0.05) is 0 Å². The molecule has 2 saturated heterocycles. The molecule has 2 rings (SSSR count). The third-order valence-electron chi connectivity index (χ3n) is 8.25. The van der Waals surface area contributed by atoms with Crippen molar-refractivity contribution in [3.8, 4) is 0 Å². The summed E-state index contributed by atoms with van der Waals surface area (Å²) < 4.78 is 11.5. The monoisotopic (exact) mass is 534 g/mol. The molecular weight excluding hydrogens is 480 g/mol. The maximum Gasteiger partial charge on any atom is 0.0842 e. The molecule has 0 aromatic rings. The van der Waals surface area contributed by atoms with Crippen LogP contribution in [-0.2, 0) is 19.1 Å². The van der Waals surface area contributed by atoms with Gasteiger partial charge in [-0.05, 0) is 62.5 Å². The molecule has 0 aliphatic carbocycles. The first-order valence-corrected chi connectivity index (χ1v) is 15.9. The average molecular weight is 535 g/mol. The zero-order valence-corrected chi connectivity index (χ0v) is 24.3. The van der Waals surface area contributed by atoms with Gasteiger partial charge in [0.05, 0.1) is 36.4 Å². The van der Waals surface area contributed by atoms with E-state index in [0.717, 1.165) is 25.7 Å². The van der Waals surface area contributed by atoms with E-state index in [1.807, 2.05) is 0 Å². The summed E-state index contributed by atoms with van der Waals surface area (Å²) in [5, 5.41) is 23.5. The van der Waals surface area contributed by atoms with Gasteiger partial charge >= 0.3 is 0 Å². The van der Waals surface area contributed by atoms with Crippen molar-refractivity contribution in [3.05, 3.63) is 11.1 Å². The fraction of sp³-hybridized carbons (Fsp3) is 0.875. The Kier molecular flexibility index (Phi) is 16.9. The second-order valence-electron chi connectivity index (χ2n) is 11.6. The van der Waals surface area contributed by atoms with E-state index in [0.29, 0.717) is 12.8 Å². The third kappa shape index (κ3) is 14.1. The molecule has 0 amide bonds. The van der Waals surface area contributed by atoms with Gasteiger partial charge in [0.15, 0.2) is 0 Å². The summed E-state index contributed by atoms with van der Waals surface area (Å²) in [7, 11) is 0. The molecule has 2 aliphatic heterocycles. The fourth-order valence-corrected chi connectivity index (χ4v) is 5.69. The number of aliphatic carboxylic acids is 2. The lowest BCUT2D eigenvalue weighted by molar-refractivity contribution is -0.304. The topological polar surface area (TPSA) is 105 Å². The number of hydrogen-bond donors (Lipinski definition) is 0. The molecule has 2 fully saturated rings. The molecule has 4 atom stereocenters. The maximum absolute atomic E-state index is 11.7. The van der Waals surface area contributed by atoms with Crippen molar-refractivity contribution < 1.29 is 29.3 Å². The highest BCUT2D eigenvalue weighted by molar-refractivity contribution is 5.97. The van der Waals surface area contributed by atoms with Gasteiger partial charge in [0.2, 0.25) is 0 Å². The Hall–Kier alpha value is -1.40. The Bertz CT molecular complexity index is 644. The molecule has 0 bridgehead atoms. The minimum atomic E-state index is -1.39. The second-order valence-corrected chi connectivity index (χ2v) is 11.6. The molecule has 2 aliphatic rings. The molecule has 6 nitrogen and oxygen atoms in total. The first kappa shape index (κ1) is 32.8. The second kappa shape index (κ2) is 19.6. The molecule has 0 aromatic carbocycles. The first-order chi connectivity index (χ1) is 18.5. The summed E-state index contributed by atoms with van der Waals surface area (Å²) in [6, 6.07) is 0. The van der Waals surface area contributed by atoms with Crippen LogP contribution in [-0.4, -0.2) is 36.4 Å². The summed E-state index contributed by atoms with van der Waals surface area (Å²) in [4.78, 5) is 23.5. The summed E-state index contributed by atoms with van der Waals surface area (Å²) in [5.41, 5.74) is -0.212. The first-order valence-electron chi connectivity index (χ1n) is 15.9. The predicted molar refractivity (Wildman–Crippen MR) is 147 cm³/mol. The van der Waals surface area contributed by atoms with E-state index in [9.17, 15) is 19.8 Å². The number of carboxylic acid groups (broad SMARTS) is 2. The van der Waals surface area contributed by atoms with Crippen LogP contribution in [0.1, 0.15) is 155 Å². The fourth-order valence-electron chi connectivity index (χ4n) is 5.69. The van der Waals surface area contributed by atoms with E-state index >= 15 is 0 Å². The molecule has 6 heteroatoms. The van der Waals surface area contributed by atoms with Gasteiger partial charge in [-0.1, -0.05) is 104 Å². The summed E-state index contributed by atoms with van der Waals surface area (Å²) >= 11 is 0. The molecule has 0 spiro atoms. The van der Waals surface area contributed by atoms with Crippen LogP contribution in [0.5, 0.6) is 0 Å². The Labute approximate surface area is 231 Å². The molecule has 38 heavy (non-hydrogen) atoms. The van der Waals surface area contributed by atoms with E-state index < -0.39 is 11.9 Å². The number of hydrogen-bond acceptors (Lipinski definition) is 6. The lowest BCUT2D eigenvalue weighted by Crippen LogP contribution is -2.32. The van der Waals surface area contributed by atoms with Gasteiger partial charge in [-0.15, -0.1) is 0 Å². The summed E-state index contributed by atoms with van der Waals surface area (Å²) in [6.45, 7) is 4.46. The van der Waals surface area contributed by atoms with Crippen molar-refractivity contribution in [2.24, 2.45) is 0 Å². The highest BCUT2D eigenvalue weighted by Gasteiger charge is 2.38. The van der Waals surface area contributed by atoms with Crippen molar-refractivity contribution in [3.63, 3.8) is 0 Å². The van der Waals surface area contributed by atoms with E-state index in [2.05, 4.69) is 13.8 Å². The van der Waals surface area contributed by atoms with Crippen molar-refractivity contribution in [2.45, 2.75) is 180 Å². The van der Waals surface area contributed by atoms with Gasteiger partial charge in [-0.2, -0.15) is 0 Å². The van der Waals surface area contributed by atoms with Gasteiger partial charge in [0.25, 0.3) is 0 Å². The predicted octanol–water partition coefficient (Wildman–Crippen LogP) is 5.94. The zero-order valence-electron chi connectivity index (χ0n) is 24.3. The lowest BCUT2D eigenvalue weighted by Gasteiger charge is -2.17. The SMILES string of the molecule is CCCCCCCCCC1OC1CCC/C(C(=O)[O-])=C(\CCCC1OC1CCCCCCCCC)C(=O)[O-]. The van der Waals surface area contributed by atoms with Crippen LogP contribution in [0, 0.1) is 0 Å². The standard InChI is InChI=1S/C32H56O6/c1-3-5-7-9-11-13-15-21-27-29(37-27)23-17-19-25(31(33)34)26(32(35)36)20-18-24-30-28(38-30)22-16-14-12-10-8-6-4-2/h27-30H,3-24H2,1-2H3,(H,33,34)(H,35,36)/p-2/b26-25-. The van der Waals surface area contributed by atoms with Crippen LogP contribution in [0.4, 0.5) is 0 Å². The van der Waals surface area contributed by atoms with Crippen molar-refractivity contribution >= 4 is 11.9 Å². The Morgan fingerprint density at radius 3 is 1.08 bits per heavy atom. The normalized spacial score (nSPS) is 22.8. The summed E-state index contributed by atoms with van der Waals surface area (Å²) in [6.07, 6.45) is 24.0. The average Bonchev–Trinajstić information content (AvgIpc) is 3.81. The number of carbonyl (C=O) groups is 2. The number of rotatable bonds is 26. The molecule has 2 heterocycles. The van der Waals surface area contributed by atoms with Crippen LogP contribution < -0.4 is 10.2 Å². The molecule has 0 aromatic heterocycles. The highest BCUT2D eigenvalue weighted by atomic mass is 16.6. The third-order valence-corrected chi connectivity index (χ3v) is 8.25. The number of epoxide rings is 2. The molecular formula is C32H54O6-2. The number of carbonyl (C=O) groups excluding carboxylic acids is 2. The van der Waals surface area contributed by atoms with Gasteiger partial charge in [-0.25, -0.2) is 0 Å². The molecule has 4 unspecified atom stereocenters. The van der Waals surface area contributed by atoms with Crippen LogP contribution in [0.2, 0.25) is 0 Å². The van der Waals surface area contributed by atoms with E-state index in [4.69, 9.17) is 9.47 Å². The number of carboxylic acids is 2. The van der Waals surface area contributed by atoms with E-state index in [-0.39, 0.29) is 48.4 Å². The lowest BCUT2D eigenvalue weighted by atomic mass is 9.96. The van der Waals surface area contributed by atoms with Crippen LogP contribution in [0.15, 0.2) is 11.1 Å². The van der Waals surface area contributed by atoms with Gasteiger partial charge in [0.1, 0.15) is 0 Å². The molecule has 0 N–H and O–H groups in total. The minimum absolute atomic E-state index is 0.106. The largest absolute Gasteiger partial charge is 0.545 e. The highest BCUT2D eigenvalue weighted by Crippen LogP contribution is 2.34. The van der Waals surface area contributed by atoms with Crippen molar-refractivity contribution in [1.29, 1.82) is 0 Å². The minimum Gasteiger partial charge on any atom is -0.545 e. The van der Waals surface area contributed by atoms with Gasteiger partial charge < -0.3 is 29.3 Å². The molecule has 0 radical (unpaired) electrons.